The Morgan fingerprint density at radius 3 is 1.69 bits per heavy atom. The molecule has 62 heavy (non-hydrogen) atoms. The summed E-state index contributed by atoms with van der Waals surface area (Å²) in [5.74, 6) is -0.911. The van der Waals surface area contributed by atoms with Gasteiger partial charge in [0.1, 0.15) is 73.7 Å². The highest BCUT2D eigenvalue weighted by Crippen LogP contribution is 2.37. The third-order valence-corrected chi connectivity index (χ3v) is 11.9. The quantitative estimate of drug-likeness (QED) is 0.0469. The maximum Gasteiger partial charge on any atom is 0.227 e. The Morgan fingerprint density at radius 1 is 0.677 bits per heavy atom. The van der Waals surface area contributed by atoms with Gasteiger partial charge in [0.25, 0.3) is 0 Å². The van der Waals surface area contributed by atoms with Gasteiger partial charge in [0, 0.05) is 89.0 Å². The van der Waals surface area contributed by atoms with Crippen molar-refractivity contribution < 1.29 is 85.7 Å². The van der Waals surface area contributed by atoms with Crippen molar-refractivity contribution in [3.05, 3.63) is 22.1 Å². The number of hydrogen-bond donors (Lipinski definition) is 3. The van der Waals surface area contributed by atoms with E-state index in [1.165, 1.54) is 42.7 Å². The highest BCUT2D eigenvalue weighted by molar-refractivity contribution is 5.78. The van der Waals surface area contributed by atoms with Gasteiger partial charge >= 0.3 is 0 Å². The normalized spacial score (nSPS) is 40.1. The number of carbonyl (C=O) groups is 1. The number of azide groups is 1. The first-order valence-corrected chi connectivity index (χ1v) is 20.4. The minimum absolute atomic E-state index is 0.0226. The lowest BCUT2D eigenvalue weighted by Crippen LogP contribution is -2.69. The molecule has 3 aliphatic heterocycles. The van der Waals surface area contributed by atoms with E-state index in [9.17, 15) is 9.90 Å². The first kappa shape index (κ1) is 52.4. The molecule has 1 amide bonds. The minimum atomic E-state index is -1.12. The van der Waals surface area contributed by atoms with Crippen LogP contribution < -0.4 is 10.6 Å². The van der Waals surface area contributed by atoms with Crippen LogP contribution in [0.4, 0.5) is 0 Å². The summed E-state index contributed by atoms with van der Waals surface area (Å²) >= 11 is 0. The Kier molecular flexibility index (Phi) is 22.0. The van der Waals surface area contributed by atoms with E-state index in [0.717, 1.165) is 5.57 Å². The minimum Gasteiger partial charge on any atom is -0.396 e. The molecule has 4 aliphatic rings. The van der Waals surface area contributed by atoms with E-state index < -0.39 is 117 Å². The van der Waals surface area contributed by atoms with Gasteiger partial charge in [0.05, 0.1) is 50.7 Å². The molecule has 0 aromatic rings. The third kappa shape index (κ3) is 12.0. The Hall–Kier alpha value is -2.20. The molecule has 0 bridgehead atoms. The second-order valence-electron chi connectivity index (χ2n) is 15.2. The Bertz CT molecular complexity index is 1420. The molecular weight excluding hydrogens is 826 g/mol. The number of aliphatic hydroxyl groups is 1. The molecule has 3 N–H and O–H groups in total. The molecule has 358 valence electrons. The average Bonchev–Trinajstić information content (AvgIpc) is 3.27. The molecule has 3 saturated heterocycles. The van der Waals surface area contributed by atoms with Gasteiger partial charge < -0.3 is 91.5 Å². The second-order valence-corrected chi connectivity index (χ2v) is 15.2. The average molecular weight is 896 g/mol. The molecule has 19 atom stereocenters. The van der Waals surface area contributed by atoms with E-state index in [0.29, 0.717) is 6.61 Å². The van der Waals surface area contributed by atoms with Gasteiger partial charge in [-0.2, -0.15) is 0 Å². The van der Waals surface area contributed by atoms with E-state index in [-0.39, 0.29) is 31.8 Å². The lowest BCUT2D eigenvalue weighted by molar-refractivity contribution is -0.375. The lowest BCUT2D eigenvalue weighted by Gasteiger charge is -2.51. The smallest absolute Gasteiger partial charge is 0.227 e. The molecule has 1 aliphatic carbocycles. The molecular formula is C39H69N5O18. The van der Waals surface area contributed by atoms with Gasteiger partial charge in [-0.1, -0.05) is 11.2 Å². The van der Waals surface area contributed by atoms with Gasteiger partial charge in [-0.3, -0.25) is 4.79 Å². The number of methoxy groups -OCH3 is 11. The van der Waals surface area contributed by atoms with Crippen LogP contribution in [0.15, 0.2) is 16.8 Å². The molecule has 23 heteroatoms. The SMILES string of the molecule is COCC1=CC(NC2C(C)OC(OC3C(COC)OC(OC4C(COC)OC(NC(=O)CN=[N+]=[N-])C(OC)C4OC)C(OC)C3OC)C(OC)C2OC)C(OC)C(OC)C1CO. The number of amides is 1. The highest BCUT2D eigenvalue weighted by Gasteiger charge is 2.56. The molecule has 19 unspecified atom stereocenters. The van der Waals surface area contributed by atoms with Crippen LogP contribution in [0.2, 0.25) is 0 Å². The zero-order valence-corrected chi connectivity index (χ0v) is 37.8. The fraction of sp³-hybridized carbons (Fsp3) is 0.923. The van der Waals surface area contributed by atoms with Crippen molar-refractivity contribution in [2.75, 3.05) is 111 Å². The molecule has 3 fully saturated rings. The molecule has 0 saturated carbocycles. The van der Waals surface area contributed by atoms with Crippen LogP contribution in [-0.4, -0.2) is 232 Å². The number of hydrogen-bond acceptors (Lipinski definition) is 20. The van der Waals surface area contributed by atoms with Crippen LogP contribution in [-0.2, 0) is 80.6 Å². The van der Waals surface area contributed by atoms with E-state index in [1.807, 2.05) is 13.0 Å². The van der Waals surface area contributed by atoms with Gasteiger partial charge in [-0.15, -0.1) is 0 Å². The van der Waals surface area contributed by atoms with Crippen molar-refractivity contribution in [2.24, 2.45) is 11.0 Å². The van der Waals surface area contributed by atoms with Crippen molar-refractivity contribution in [3.8, 4) is 0 Å². The summed E-state index contributed by atoms with van der Waals surface area (Å²) in [6, 6.07) is -0.836. The van der Waals surface area contributed by atoms with Gasteiger partial charge in [0.15, 0.2) is 18.8 Å². The van der Waals surface area contributed by atoms with Crippen LogP contribution in [0.3, 0.4) is 0 Å². The number of nitrogens with zero attached hydrogens (tertiary/aromatic N) is 3. The monoisotopic (exact) mass is 895 g/mol. The molecule has 0 radical (unpaired) electrons. The number of nitrogens with one attached hydrogen (secondary N) is 2. The summed E-state index contributed by atoms with van der Waals surface area (Å²) in [6.45, 7) is 1.68. The molecule has 4 rings (SSSR count). The fourth-order valence-corrected chi connectivity index (χ4v) is 9.04. The third-order valence-electron chi connectivity index (χ3n) is 11.9. The predicted octanol–water partition coefficient (Wildman–Crippen LogP) is -0.688. The van der Waals surface area contributed by atoms with E-state index in [4.69, 9.17) is 81.3 Å². The number of aliphatic hydroxyl groups excluding tert-OH is 1. The summed E-state index contributed by atoms with van der Waals surface area (Å²) in [7, 11) is 16.9. The van der Waals surface area contributed by atoms with Crippen molar-refractivity contribution >= 4 is 5.91 Å². The molecule has 3 heterocycles. The van der Waals surface area contributed by atoms with Crippen LogP contribution in [0.5, 0.6) is 0 Å². The first-order valence-electron chi connectivity index (χ1n) is 20.4. The van der Waals surface area contributed by atoms with E-state index in [2.05, 4.69) is 20.7 Å². The van der Waals surface area contributed by atoms with E-state index >= 15 is 0 Å². The Labute approximate surface area is 363 Å². The van der Waals surface area contributed by atoms with E-state index in [1.54, 1.807) is 35.5 Å². The summed E-state index contributed by atoms with van der Waals surface area (Å²) in [5.41, 5.74) is 9.56. The topological polar surface area (TPSA) is 258 Å². The number of rotatable bonds is 24. The fourth-order valence-electron chi connectivity index (χ4n) is 9.04. The van der Waals surface area contributed by atoms with Crippen LogP contribution >= 0.6 is 0 Å². The van der Waals surface area contributed by atoms with Crippen molar-refractivity contribution in [1.29, 1.82) is 0 Å². The van der Waals surface area contributed by atoms with Crippen molar-refractivity contribution in [1.82, 2.24) is 10.6 Å². The van der Waals surface area contributed by atoms with Gasteiger partial charge in [0.2, 0.25) is 5.91 Å². The standard InChI is InChI=1S/C39H69N5O18/c1-19-26(42-22-13-20(16-47-2)21(15-45)27(50-5)28(22)51-6)31(52-7)35(56-11)38(58-19)61-30-24(18-49-4)60-39(36(57-12)33(30)54-9)62-29-23(17-48-3)59-37(34(55-10)32(29)53-8)43-25(46)14-41-44-40/h13,19,21-24,26-39,42,45H,14-18H2,1-12H3,(H,43,46). The van der Waals surface area contributed by atoms with Crippen LogP contribution in [0.25, 0.3) is 10.4 Å². The first-order chi connectivity index (χ1) is 30.0. The van der Waals surface area contributed by atoms with Gasteiger partial charge in [-0.25, -0.2) is 0 Å². The zero-order valence-electron chi connectivity index (χ0n) is 37.8. The molecule has 0 spiro atoms. The Balaban J connectivity index is 1.60. The summed E-state index contributed by atoms with van der Waals surface area (Å²) in [6.07, 6.45) is -10.8. The number of carbonyl (C=O) groups excluding carboxylic acids is 1. The highest BCUT2D eigenvalue weighted by atomic mass is 16.8. The molecule has 23 nitrogen and oxygen atoms in total. The molecule has 0 aromatic heterocycles. The van der Waals surface area contributed by atoms with Crippen molar-refractivity contribution in [3.63, 3.8) is 0 Å². The zero-order chi connectivity index (χ0) is 45.5. The molecule has 0 aromatic carbocycles. The summed E-state index contributed by atoms with van der Waals surface area (Å²) in [5, 5.41) is 20.0. The lowest BCUT2D eigenvalue weighted by atomic mass is 9.80. The van der Waals surface area contributed by atoms with Gasteiger partial charge in [-0.05, 0) is 18.0 Å². The predicted molar refractivity (Wildman–Crippen MR) is 215 cm³/mol. The number of ether oxygens (including phenoxy) is 16. The van der Waals surface area contributed by atoms with Crippen LogP contribution in [0.1, 0.15) is 6.92 Å². The largest absolute Gasteiger partial charge is 0.396 e. The maximum absolute atomic E-state index is 12.6. The summed E-state index contributed by atoms with van der Waals surface area (Å²) in [4.78, 5) is 15.2. The summed E-state index contributed by atoms with van der Waals surface area (Å²) < 4.78 is 97.5. The maximum atomic E-state index is 12.6. The Morgan fingerprint density at radius 2 is 1.19 bits per heavy atom. The van der Waals surface area contributed by atoms with Crippen molar-refractivity contribution in [2.45, 2.75) is 117 Å². The van der Waals surface area contributed by atoms with Crippen LogP contribution in [0, 0.1) is 5.92 Å². The second kappa shape index (κ2) is 26.1.